The number of amides is 3. The predicted octanol–water partition coefficient (Wildman–Crippen LogP) is -0.240. The summed E-state index contributed by atoms with van der Waals surface area (Å²) in [7, 11) is 1.48. The number of ether oxygens (including phenoxy) is 1. The van der Waals surface area contributed by atoms with Crippen LogP contribution in [0.2, 0.25) is 0 Å². The van der Waals surface area contributed by atoms with E-state index in [0.29, 0.717) is 0 Å². The van der Waals surface area contributed by atoms with Crippen molar-refractivity contribution in [1.82, 2.24) is 20.2 Å². The first-order chi connectivity index (χ1) is 14.9. The highest BCUT2D eigenvalue weighted by molar-refractivity contribution is 5.96. The van der Waals surface area contributed by atoms with Crippen molar-refractivity contribution in [2.24, 2.45) is 0 Å². The van der Waals surface area contributed by atoms with Crippen molar-refractivity contribution < 1.29 is 14.3 Å². The van der Waals surface area contributed by atoms with E-state index in [4.69, 9.17) is 10.5 Å². The molecular formula is C20H26N6O5. The van der Waals surface area contributed by atoms with E-state index in [1.54, 1.807) is 0 Å². The summed E-state index contributed by atoms with van der Waals surface area (Å²) in [6.45, 7) is 0.174. The average molecular weight is 430 g/mol. The molecule has 1 aliphatic carbocycles. The molecule has 0 aliphatic heterocycles. The lowest BCUT2D eigenvalue weighted by molar-refractivity contribution is -0.118. The molecule has 1 aromatic carbocycles. The van der Waals surface area contributed by atoms with Crippen LogP contribution < -0.4 is 32.5 Å². The fourth-order valence-electron chi connectivity index (χ4n) is 3.09. The highest BCUT2D eigenvalue weighted by Crippen LogP contribution is 2.20. The highest BCUT2D eigenvalue weighted by Gasteiger charge is 2.25. The van der Waals surface area contributed by atoms with Gasteiger partial charge in [-0.2, -0.15) is 0 Å². The van der Waals surface area contributed by atoms with E-state index in [2.05, 4.69) is 15.6 Å². The van der Waals surface area contributed by atoms with E-state index in [9.17, 15) is 19.2 Å². The molecule has 1 fully saturated rings. The van der Waals surface area contributed by atoms with Crippen LogP contribution in [0.3, 0.4) is 0 Å². The molecular weight excluding hydrogens is 404 g/mol. The van der Waals surface area contributed by atoms with Crippen LogP contribution in [-0.2, 0) is 22.6 Å². The van der Waals surface area contributed by atoms with Crippen LogP contribution in [0.1, 0.15) is 18.4 Å². The Hall–Kier alpha value is -3.60. The normalized spacial score (nSPS) is 12.9. The number of nitrogens with two attached hydrogens (primary N) is 1. The first kappa shape index (κ1) is 22.1. The number of H-pyrrole nitrogens is 1. The summed E-state index contributed by atoms with van der Waals surface area (Å²) >= 11 is 0. The second-order valence-corrected chi connectivity index (χ2v) is 7.28. The summed E-state index contributed by atoms with van der Waals surface area (Å²) < 4.78 is 6.17. The number of hydrogen-bond donors (Lipinski definition) is 4. The van der Waals surface area contributed by atoms with E-state index in [-0.39, 0.29) is 43.8 Å². The van der Waals surface area contributed by atoms with Gasteiger partial charge in [0.1, 0.15) is 11.5 Å². The zero-order chi connectivity index (χ0) is 22.4. The molecule has 1 aromatic heterocycles. The summed E-state index contributed by atoms with van der Waals surface area (Å²) in [5.74, 6) is -0.695. The van der Waals surface area contributed by atoms with Gasteiger partial charge in [-0.25, -0.2) is 9.59 Å². The number of benzene rings is 1. The summed E-state index contributed by atoms with van der Waals surface area (Å²) in [6.07, 6.45) is 1.77. The zero-order valence-corrected chi connectivity index (χ0v) is 17.2. The Labute approximate surface area is 178 Å². The number of anilines is 2. The van der Waals surface area contributed by atoms with Crippen LogP contribution in [0.15, 0.2) is 39.9 Å². The predicted molar refractivity (Wildman–Crippen MR) is 115 cm³/mol. The lowest BCUT2D eigenvalue weighted by Gasteiger charge is -2.25. The van der Waals surface area contributed by atoms with Crippen LogP contribution >= 0.6 is 0 Å². The van der Waals surface area contributed by atoms with Crippen molar-refractivity contribution in [2.45, 2.75) is 32.0 Å². The van der Waals surface area contributed by atoms with Crippen molar-refractivity contribution in [3.05, 3.63) is 56.7 Å². The molecule has 0 bridgehead atoms. The van der Waals surface area contributed by atoms with Gasteiger partial charge in [0.2, 0.25) is 5.91 Å². The smallest absolute Gasteiger partial charge is 0.330 e. The molecule has 3 amide bonds. The SMILES string of the molecule is COCCn1c(N)c(N(CC(=O)NC(=O)NC2CC2)Cc2ccccc2)c(=O)[nH]c1=O. The van der Waals surface area contributed by atoms with Gasteiger partial charge in [-0.15, -0.1) is 0 Å². The second kappa shape index (κ2) is 9.94. The average Bonchev–Trinajstić information content (AvgIpc) is 3.52. The molecule has 166 valence electrons. The summed E-state index contributed by atoms with van der Waals surface area (Å²) in [5, 5.41) is 4.93. The van der Waals surface area contributed by atoms with Crippen LogP contribution in [-0.4, -0.2) is 47.8 Å². The number of urea groups is 1. The van der Waals surface area contributed by atoms with Crippen LogP contribution in [0.25, 0.3) is 0 Å². The Balaban J connectivity index is 1.90. The van der Waals surface area contributed by atoms with Crippen LogP contribution in [0, 0.1) is 0 Å². The van der Waals surface area contributed by atoms with E-state index in [1.807, 2.05) is 30.3 Å². The van der Waals surface area contributed by atoms with Crippen LogP contribution in [0.5, 0.6) is 0 Å². The Morgan fingerprint density at radius 3 is 2.61 bits per heavy atom. The minimum absolute atomic E-state index is 0.0303. The quantitative estimate of drug-likeness (QED) is 0.428. The number of methoxy groups -OCH3 is 1. The highest BCUT2D eigenvalue weighted by atomic mass is 16.5. The molecule has 0 saturated heterocycles. The molecule has 0 spiro atoms. The molecule has 1 heterocycles. The number of carbonyl (C=O) groups excluding carboxylic acids is 2. The standard InChI is InChI=1S/C20H26N6O5/c1-31-10-9-26-17(21)16(18(28)24-20(26)30)25(11-13-5-3-2-4-6-13)12-15(27)23-19(29)22-14-7-8-14/h2-6,14H,7-12,21H2,1H3,(H,24,28,30)(H2,22,23,27,29). The van der Waals surface area contributed by atoms with Crippen molar-refractivity contribution in [2.75, 3.05) is 30.9 Å². The molecule has 1 saturated carbocycles. The number of nitrogens with zero attached hydrogens (tertiary/aromatic N) is 2. The number of imide groups is 1. The Morgan fingerprint density at radius 1 is 1.26 bits per heavy atom. The largest absolute Gasteiger partial charge is 0.383 e. The maximum atomic E-state index is 12.6. The Bertz CT molecular complexity index is 1040. The first-order valence-corrected chi connectivity index (χ1v) is 9.89. The summed E-state index contributed by atoms with van der Waals surface area (Å²) in [6, 6.07) is 8.66. The number of nitrogens with one attached hydrogen (secondary N) is 3. The van der Waals surface area contributed by atoms with Gasteiger partial charge in [0, 0.05) is 19.7 Å². The van der Waals surface area contributed by atoms with Crippen molar-refractivity contribution in [1.29, 1.82) is 0 Å². The topological polar surface area (TPSA) is 152 Å². The van der Waals surface area contributed by atoms with Gasteiger partial charge in [0.05, 0.1) is 19.7 Å². The molecule has 11 nitrogen and oxygen atoms in total. The summed E-state index contributed by atoms with van der Waals surface area (Å²) in [4.78, 5) is 53.0. The van der Waals surface area contributed by atoms with Gasteiger partial charge in [-0.3, -0.25) is 24.5 Å². The molecule has 3 rings (SSSR count). The van der Waals surface area contributed by atoms with Gasteiger partial charge in [-0.05, 0) is 18.4 Å². The Morgan fingerprint density at radius 2 is 1.97 bits per heavy atom. The van der Waals surface area contributed by atoms with E-state index in [0.717, 1.165) is 18.4 Å². The van der Waals surface area contributed by atoms with E-state index >= 15 is 0 Å². The van der Waals surface area contributed by atoms with Crippen molar-refractivity contribution in [3.8, 4) is 0 Å². The number of carbonyl (C=O) groups is 2. The minimum atomic E-state index is -0.720. The van der Waals surface area contributed by atoms with Gasteiger partial charge >= 0.3 is 11.7 Å². The molecule has 5 N–H and O–H groups in total. The molecule has 11 heteroatoms. The maximum absolute atomic E-state index is 12.6. The fraction of sp³-hybridized carbons (Fsp3) is 0.400. The molecule has 0 radical (unpaired) electrons. The van der Waals surface area contributed by atoms with Gasteiger partial charge < -0.3 is 20.7 Å². The molecule has 0 atom stereocenters. The van der Waals surface area contributed by atoms with Gasteiger partial charge in [0.25, 0.3) is 5.56 Å². The van der Waals surface area contributed by atoms with E-state index < -0.39 is 23.2 Å². The minimum Gasteiger partial charge on any atom is -0.383 e. The fourth-order valence-corrected chi connectivity index (χ4v) is 3.09. The van der Waals surface area contributed by atoms with Crippen LogP contribution in [0.4, 0.5) is 16.3 Å². The zero-order valence-electron chi connectivity index (χ0n) is 17.2. The Kier molecular flexibility index (Phi) is 7.08. The molecule has 31 heavy (non-hydrogen) atoms. The molecule has 1 aliphatic rings. The molecule has 2 aromatic rings. The van der Waals surface area contributed by atoms with Crippen molar-refractivity contribution in [3.63, 3.8) is 0 Å². The van der Waals surface area contributed by atoms with Gasteiger partial charge in [0.15, 0.2) is 0 Å². The monoisotopic (exact) mass is 430 g/mol. The number of hydrogen-bond acceptors (Lipinski definition) is 7. The number of rotatable bonds is 9. The lowest BCUT2D eigenvalue weighted by atomic mass is 10.2. The molecule has 0 unspecified atom stereocenters. The third-order valence-electron chi connectivity index (χ3n) is 4.77. The number of aromatic amines is 1. The third-order valence-corrected chi connectivity index (χ3v) is 4.77. The summed E-state index contributed by atoms with van der Waals surface area (Å²) in [5.41, 5.74) is 5.56. The number of aromatic nitrogens is 2. The van der Waals surface area contributed by atoms with E-state index in [1.165, 1.54) is 16.6 Å². The number of nitrogen functional groups attached to an aromatic ring is 1. The lowest BCUT2D eigenvalue weighted by Crippen LogP contribution is -2.47. The van der Waals surface area contributed by atoms with Crippen molar-refractivity contribution >= 4 is 23.4 Å². The second-order valence-electron chi connectivity index (χ2n) is 7.28. The maximum Gasteiger partial charge on any atom is 0.330 e. The first-order valence-electron chi connectivity index (χ1n) is 9.89. The third kappa shape index (κ3) is 5.95. The van der Waals surface area contributed by atoms with Gasteiger partial charge in [-0.1, -0.05) is 30.3 Å².